The summed E-state index contributed by atoms with van der Waals surface area (Å²) >= 11 is 0. The zero-order valence-corrected chi connectivity index (χ0v) is 18.0. The van der Waals surface area contributed by atoms with Crippen molar-refractivity contribution in [2.45, 2.75) is 13.3 Å². The molecule has 1 nitrogen and oxygen atoms in total. The number of nitrogens with zero attached hydrogens (tertiary/aromatic N) is 1. The minimum atomic E-state index is 0.989. The lowest BCUT2D eigenvalue weighted by molar-refractivity contribution is 1.25. The maximum absolute atomic E-state index is 5.10. The molecule has 0 saturated carbocycles. The molecule has 0 N–H and O–H groups in total. The van der Waals surface area contributed by atoms with Crippen molar-refractivity contribution < 1.29 is 0 Å². The summed E-state index contributed by atoms with van der Waals surface area (Å²) in [7, 11) is 0. The Morgan fingerprint density at radius 1 is 0.500 bits per heavy atom. The van der Waals surface area contributed by atoms with E-state index in [2.05, 4.69) is 116 Å². The van der Waals surface area contributed by atoms with Gasteiger partial charge in [0.2, 0.25) is 0 Å². The third kappa shape index (κ3) is 3.33. The van der Waals surface area contributed by atoms with Crippen LogP contribution in [0.1, 0.15) is 16.7 Å². The van der Waals surface area contributed by atoms with Crippen molar-refractivity contribution in [2.24, 2.45) is 0 Å². The topological polar surface area (TPSA) is 12.9 Å². The molecule has 0 radical (unpaired) electrons. The zero-order valence-electron chi connectivity index (χ0n) is 18.0. The Morgan fingerprint density at radius 2 is 1.16 bits per heavy atom. The molecule has 0 saturated heterocycles. The molecule has 0 bridgehead atoms. The van der Waals surface area contributed by atoms with Crippen LogP contribution in [-0.2, 0) is 6.42 Å². The summed E-state index contributed by atoms with van der Waals surface area (Å²) < 4.78 is 0. The van der Waals surface area contributed by atoms with Gasteiger partial charge >= 0.3 is 0 Å². The van der Waals surface area contributed by atoms with Gasteiger partial charge in [-0.05, 0) is 64.9 Å². The van der Waals surface area contributed by atoms with E-state index in [1.165, 1.54) is 44.5 Å². The number of hydrogen-bond donors (Lipinski definition) is 0. The highest BCUT2D eigenvalue weighted by molar-refractivity contribution is 5.82. The lowest BCUT2D eigenvalue weighted by atomic mass is 9.97. The molecule has 1 heterocycles. The molecule has 6 rings (SSSR count). The van der Waals surface area contributed by atoms with Gasteiger partial charge in [0, 0.05) is 11.1 Å². The Bertz CT molecular complexity index is 1430. The molecule has 32 heavy (non-hydrogen) atoms. The highest BCUT2D eigenvalue weighted by Gasteiger charge is 2.19. The zero-order chi connectivity index (χ0) is 21.5. The third-order valence-corrected chi connectivity index (χ3v) is 6.37. The first kappa shape index (κ1) is 18.8. The van der Waals surface area contributed by atoms with Crippen LogP contribution < -0.4 is 0 Å². The number of rotatable bonds is 3. The van der Waals surface area contributed by atoms with E-state index in [1.807, 2.05) is 0 Å². The molecule has 0 fully saturated rings. The van der Waals surface area contributed by atoms with Crippen LogP contribution >= 0.6 is 0 Å². The Balaban J connectivity index is 1.49. The fourth-order valence-corrected chi connectivity index (χ4v) is 4.65. The highest BCUT2D eigenvalue weighted by atomic mass is 14.7. The quantitative estimate of drug-likeness (QED) is 0.289. The van der Waals surface area contributed by atoms with Crippen molar-refractivity contribution in [1.82, 2.24) is 4.98 Å². The summed E-state index contributed by atoms with van der Waals surface area (Å²) in [6.45, 7) is 2.12. The van der Waals surface area contributed by atoms with Crippen molar-refractivity contribution in [3.63, 3.8) is 0 Å². The number of hydrogen-bond acceptors (Lipinski definition) is 1. The average Bonchev–Trinajstić information content (AvgIpc) is 3.23. The van der Waals surface area contributed by atoms with E-state index in [0.29, 0.717) is 0 Å². The molecule has 0 aliphatic heterocycles. The van der Waals surface area contributed by atoms with Crippen LogP contribution in [0.5, 0.6) is 0 Å². The Hall–Kier alpha value is -3.97. The molecule has 4 aromatic carbocycles. The van der Waals surface area contributed by atoms with Crippen LogP contribution in [0.2, 0.25) is 0 Å². The Morgan fingerprint density at radius 3 is 1.97 bits per heavy atom. The van der Waals surface area contributed by atoms with Crippen molar-refractivity contribution in [3.05, 3.63) is 126 Å². The lowest BCUT2D eigenvalue weighted by Gasteiger charge is -2.12. The maximum atomic E-state index is 5.10. The van der Waals surface area contributed by atoms with Gasteiger partial charge in [0.25, 0.3) is 0 Å². The van der Waals surface area contributed by atoms with E-state index in [1.54, 1.807) is 0 Å². The van der Waals surface area contributed by atoms with Gasteiger partial charge in [-0.2, -0.15) is 0 Å². The van der Waals surface area contributed by atoms with Crippen LogP contribution in [0, 0.1) is 6.92 Å². The number of fused-ring (bicyclic) bond motifs is 3. The number of aryl methyl sites for hydroxylation is 1. The molecular weight excluding hydrogens is 386 g/mol. The van der Waals surface area contributed by atoms with Crippen LogP contribution in [-0.4, -0.2) is 4.98 Å². The van der Waals surface area contributed by atoms with Crippen molar-refractivity contribution in [1.29, 1.82) is 0 Å². The van der Waals surface area contributed by atoms with Gasteiger partial charge in [0.05, 0.1) is 11.4 Å². The predicted molar refractivity (Wildman–Crippen MR) is 134 cm³/mol. The fourth-order valence-electron chi connectivity index (χ4n) is 4.65. The molecule has 0 spiro atoms. The van der Waals surface area contributed by atoms with Crippen molar-refractivity contribution >= 4 is 0 Å². The van der Waals surface area contributed by atoms with Gasteiger partial charge in [-0.1, -0.05) is 96.6 Å². The van der Waals surface area contributed by atoms with Crippen LogP contribution in [0.4, 0.5) is 0 Å². The first-order valence-electron chi connectivity index (χ1n) is 11.1. The van der Waals surface area contributed by atoms with Gasteiger partial charge in [-0.25, -0.2) is 4.98 Å². The Kier molecular flexibility index (Phi) is 4.47. The standard InChI is InChI=1S/C31H23N/c1-21-11-13-23(14-12-21)30-19-26(22-7-3-2-4-8-22)20-31(32-30)25-15-16-29-27(18-25)17-24-9-5-6-10-28(24)29/h2-16,18-20H,17H2,1H3. The highest BCUT2D eigenvalue weighted by Crippen LogP contribution is 2.39. The normalized spacial score (nSPS) is 11.8. The van der Waals surface area contributed by atoms with E-state index in [0.717, 1.165) is 23.4 Å². The molecule has 1 aliphatic rings. The molecule has 0 amide bonds. The SMILES string of the molecule is Cc1ccc(-c2cc(-c3ccccc3)cc(-c3ccc4c(c3)Cc3ccccc3-4)n2)cc1. The van der Waals surface area contributed by atoms with E-state index >= 15 is 0 Å². The lowest BCUT2D eigenvalue weighted by Crippen LogP contribution is -1.92. The summed E-state index contributed by atoms with van der Waals surface area (Å²) in [5, 5.41) is 0. The van der Waals surface area contributed by atoms with Gasteiger partial charge in [-0.3, -0.25) is 0 Å². The van der Waals surface area contributed by atoms with E-state index in [-0.39, 0.29) is 0 Å². The minimum absolute atomic E-state index is 0.989. The third-order valence-electron chi connectivity index (χ3n) is 6.37. The largest absolute Gasteiger partial charge is 0.248 e. The van der Waals surface area contributed by atoms with E-state index < -0.39 is 0 Å². The first-order valence-corrected chi connectivity index (χ1v) is 11.1. The summed E-state index contributed by atoms with van der Waals surface area (Å²) in [4.78, 5) is 5.10. The summed E-state index contributed by atoms with van der Waals surface area (Å²) in [6.07, 6.45) is 0.989. The second-order valence-corrected chi connectivity index (χ2v) is 8.56. The second kappa shape index (κ2) is 7.62. The number of aromatic nitrogens is 1. The molecule has 152 valence electrons. The van der Waals surface area contributed by atoms with Gasteiger partial charge in [-0.15, -0.1) is 0 Å². The second-order valence-electron chi connectivity index (χ2n) is 8.56. The smallest absolute Gasteiger partial charge is 0.0715 e. The monoisotopic (exact) mass is 409 g/mol. The summed E-state index contributed by atoms with van der Waals surface area (Å²) in [6, 6.07) is 39.1. The fraction of sp³-hybridized carbons (Fsp3) is 0.0645. The van der Waals surface area contributed by atoms with Gasteiger partial charge in [0.1, 0.15) is 0 Å². The first-order chi connectivity index (χ1) is 15.7. The minimum Gasteiger partial charge on any atom is -0.248 e. The molecule has 5 aromatic rings. The van der Waals surface area contributed by atoms with Crippen LogP contribution in [0.25, 0.3) is 44.8 Å². The summed E-state index contributed by atoms with van der Waals surface area (Å²) in [5.41, 5.74) is 13.5. The summed E-state index contributed by atoms with van der Waals surface area (Å²) in [5.74, 6) is 0. The van der Waals surface area contributed by atoms with E-state index in [4.69, 9.17) is 4.98 Å². The molecule has 1 aliphatic carbocycles. The van der Waals surface area contributed by atoms with Crippen LogP contribution in [0.3, 0.4) is 0 Å². The Labute approximate surface area is 189 Å². The van der Waals surface area contributed by atoms with Crippen LogP contribution in [0.15, 0.2) is 109 Å². The molecule has 0 unspecified atom stereocenters. The van der Waals surface area contributed by atoms with Gasteiger partial charge in [0.15, 0.2) is 0 Å². The average molecular weight is 410 g/mol. The van der Waals surface area contributed by atoms with Crippen molar-refractivity contribution in [2.75, 3.05) is 0 Å². The molecule has 1 aromatic heterocycles. The number of pyridine rings is 1. The molecule has 1 heteroatoms. The number of benzene rings is 4. The molecular formula is C31H23N. The predicted octanol–water partition coefficient (Wildman–Crippen LogP) is 7.96. The van der Waals surface area contributed by atoms with Gasteiger partial charge < -0.3 is 0 Å². The van der Waals surface area contributed by atoms with Crippen molar-refractivity contribution in [3.8, 4) is 44.8 Å². The van der Waals surface area contributed by atoms with E-state index in [9.17, 15) is 0 Å². The molecule has 0 atom stereocenters. The maximum Gasteiger partial charge on any atom is 0.0715 e.